The van der Waals surface area contributed by atoms with Gasteiger partial charge in [0.1, 0.15) is 0 Å². The third kappa shape index (κ3) is 4.08. The molecule has 0 saturated heterocycles. The van der Waals surface area contributed by atoms with Crippen LogP contribution in [0.15, 0.2) is 97.1 Å². The van der Waals surface area contributed by atoms with Crippen molar-refractivity contribution in [1.82, 2.24) is 4.34 Å². The Balaban J connectivity index is 1.90. The summed E-state index contributed by atoms with van der Waals surface area (Å²) in [5.41, 5.74) is 5.59. The second kappa shape index (κ2) is 8.40. The minimum absolute atomic E-state index is 0.105. The lowest BCUT2D eigenvalue weighted by Gasteiger charge is -2.23. The van der Waals surface area contributed by atoms with Crippen LogP contribution in [0.1, 0.15) is 52.7 Å². The fraction of sp³-hybridized carbons (Fsp3) is 0.250. The van der Waals surface area contributed by atoms with Crippen LogP contribution in [0.2, 0.25) is 0 Å². The highest BCUT2D eigenvalue weighted by atomic mass is 31.1. The van der Waals surface area contributed by atoms with Gasteiger partial charge in [-0.15, -0.1) is 0 Å². The Bertz CT molecular complexity index is 1340. The van der Waals surface area contributed by atoms with E-state index in [1.807, 2.05) is 0 Å². The minimum Gasteiger partial charge on any atom is -0.310 e. The van der Waals surface area contributed by atoms with Gasteiger partial charge in [0.05, 0.1) is 19.1 Å². The summed E-state index contributed by atoms with van der Waals surface area (Å²) in [5.74, 6) is 0. The average Bonchev–Trinajstić information content (AvgIpc) is 3.13. The smallest absolute Gasteiger partial charge is 0.0598 e. The summed E-state index contributed by atoms with van der Waals surface area (Å²) in [4.78, 5) is 0. The summed E-state index contributed by atoms with van der Waals surface area (Å²) >= 11 is 0. The van der Waals surface area contributed by atoms with Gasteiger partial charge in [-0.05, 0) is 46.2 Å². The van der Waals surface area contributed by atoms with Gasteiger partial charge in [0, 0.05) is 21.4 Å². The zero-order chi connectivity index (χ0) is 24.1. The van der Waals surface area contributed by atoms with E-state index in [0.29, 0.717) is 0 Å². The lowest BCUT2D eigenvalue weighted by molar-refractivity contribution is 0.590. The average molecular weight is 464 g/mol. The molecular weight excluding hydrogens is 429 g/mol. The van der Waals surface area contributed by atoms with Crippen molar-refractivity contribution in [3.8, 4) is 0 Å². The molecular formula is C32H34NP. The molecule has 1 nitrogen and oxygen atoms in total. The third-order valence-corrected chi connectivity index (χ3v) is 9.08. The van der Waals surface area contributed by atoms with Crippen molar-refractivity contribution >= 4 is 40.5 Å². The Labute approximate surface area is 205 Å². The molecule has 0 aliphatic rings. The molecule has 4 aromatic carbocycles. The SMILES string of the molecule is CC(C)(C)c1ccc2c(c1)c1cc(C(C)(C)C)ccc1n2P(c1ccccc1)c1ccccc1. The van der Waals surface area contributed by atoms with Crippen LogP contribution in [0.5, 0.6) is 0 Å². The molecule has 0 radical (unpaired) electrons. The van der Waals surface area contributed by atoms with Crippen molar-refractivity contribution < 1.29 is 0 Å². The predicted octanol–water partition coefficient (Wildman–Crippen LogP) is 8.29. The lowest BCUT2D eigenvalue weighted by atomic mass is 9.85. The summed E-state index contributed by atoms with van der Waals surface area (Å²) in [6.45, 7) is 13.8. The van der Waals surface area contributed by atoms with Crippen molar-refractivity contribution in [2.75, 3.05) is 0 Å². The van der Waals surface area contributed by atoms with Gasteiger partial charge in [0.2, 0.25) is 0 Å². The molecule has 34 heavy (non-hydrogen) atoms. The van der Waals surface area contributed by atoms with E-state index in [4.69, 9.17) is 0 Å². The van der Waals surface area contributed by atoms with Crippen LogP contribution in [0.25, 0.3) is 21.8 Å². The summed E-state index contributed by atoms with van der Waals surface area (Å²) in [6.07, 6.45) is 0. The lowest BCUT2D eigenvalue weighted by Crippen LogP contribution is -2.17. The van der Waals surface area contributed by atoms with Crippen molar-refractivity contribution in [3.05, 3.63) is 108 Å². The number of hydrogen-bond acceptors (Lipinski definition) is 0. The van der Waals surface area contributed by atoms with E-state index in [-0.39, 0.29) is 10.8 Å². The summed E-state index contributed by atoms with van der Waals surface area (Å²) in [7, 11) is -0.767. The van der Waals surface area contributed by atoms with E-state index in [9.17, 15) is 0 Å². The van der Waals surface area contributed by atoms with Crippen LogP contribution in [-0.2, 0) is 10.8 Å². The van der Waals surface area contributed by atoms with E-state index < -0.39 is 8.07 Å². The molecule has 0 amide bonds. The first-order valence-corrected chi connectivity index (χ1v) is 13.4. The molecule has 0 atom stereocenters. The van der Waals surface area contributed by atoms with Crippen LogP contribution in [0.3, 0.4) is 0 Å². The number of aromatic nitrogens is 1. The highest BCUT2D eigenvalue weighted by Gasteiger charge is 2.25. The standard InChI is InChI=1S/C32H34NP/c1-31(2,3)23-17-19-29-27(21-23)28-22-24(32(4,5)6)18-20-30(28)33(29)34(25-13-9-7-10-14-25)26-15-11-8-12-16-26/h7-22H,1-6H3. The van der Waals surface area contributed by atoms with Crippen molar-refractivity contribution in [3.63, 3.8) is 0 Å². The Hall–Kier alpha value is -2.89. The van der Waals surface area contributed by atoms with Crippen LogP contribution in [-0.4, -0.2) is 4.34 Å². The van der Waals surface area contributed by atoms with Gasteiger partial charge in [-0.25, -0.2) is 0 Å². The predicted molar refractivity (Wildman–Crippen MR) is 151 cm³/mol. The first kappa shape index (κ1) is 22.9. The largest absolute Gasteiger partial charge is 0.310 e. The normalized spacial score (nSPS) is 12.7. The first-order valence-electron chi connectivity index (χ1n) is 12.1. The van der Waals surface area contributed by atoms with E-state index >= 15 is 0 Å². The van der Waals surface area contributed by atoms with Gasteiger partial charge in [0.25, 0.3) is 0 Å². The topological polar surface area (TPSA) is 4.93 Å². The molecule has 5 rings (SSSR count). The second-order valence-electron chi connectivity index (χ2n) is 11.3. The molecule has 0 saturated carbocycles. The molecule has 2 heteroatoms. The van der Waals surface area contributed by atoms with Crippen LogP contribution in [0.4, 0.5) is 0 Å². The number of fused-ring (bicyclic) bond motifs is 3. The van der Waals surface area contributed by atoms with Gasteiger partial charge >= 0.3 is 0 Å². The molecule has 0 N–H and O–H groups in total. The summed E-state index contributed by atoms with van der Waals surface area (Å²) in [6, 6.07) is 36.2. The van der Waals surface area contributed by atoms with Crippen molar-refractivity contribution in [2.45, 2.75) is 52.4 Å². The Morgan fingerprint density at radius 2 is 0.882 bits per heavy atom. The number of nitrogens with zero attached hydrogens (tertiary/aromatic N) is 1. The number of benzene rings is 4. The van der Waals surface area contributed by atoms with Gasteiger partial charge in [-0.1, -0.05) is 114 Å². The molecule has 1 aromatic heterocycles. The minimum atomic E-state index is -0.767. The highest BCUT2D eigenvalue weighted by molar-refractivity contribution is 7.72. The highest BCUT2D eigenvalue weighted by Crippen LogP contribution is 2.46. The number of rotatable bonds is 3. The van der Waals surface area contributed by atoms with Crippen LogP contribution < -0.4 is 10.6 Å². The van der Waals surface area contributed by atoms with Gasteiger partial charge < -0.3 is 4.34 Å². The maximum atomic E-state index is 2.61. The van der Waals surface area contributed by atoms with Crippen LogP contribution in [0, 0.1) is 0 Å². The molecule has 0 aliphatic carbocycles. The second-order valence-corrected chi connectivity index (χ2v) is 13.3. The Morgan fingerprint density at radius 1 is 0.500 bits per heavy atom. The van der Waals surface area contributed by atoms with E-state index in [0.717, 1.165) is 0 Å². The Morgan fingerprint density at radius 3 is 1.24 bits per heavy atom. The molecule has 172 valence electrons. The monoisotopic (exact) mass is 463 g/mol. The van der Waals surface area contributed by atoms with Gasteiger partial charge in [-0.2, -0.15) is 0 Å². The zero-order valence-corrected chi connectivity index (χ0v) is 22.0. The molecule has 0 unspecified atom stereocenters. The molecule has 5 aromatic rings. The quantitative estimate of drug-likeness (QED) is 0.237. The third-order valence-electron chi connectivity index (χ3n) is 6.67. The number of hydrogen-bond donors (Lipinski definition) is 0. The molecule has 0 spiro atoms. The van der Waals surface area contributed by atoms with Crippen molar-refractivity contribution in [2.24, 2.45) is 0 Å². The van der Waals surface area contributed by atoms with Gasteiger partial charge in [-0.3, -0.25) is 0 Å². The van der Waals surface area contributed by atoms with Crippen molar-refractivity contribution in [1.29, 1.82) is 0 Å². The van der Waals surface area contributed by atoms with Gasteiger partial charge in [0.15, 0.2) is 0 Å². The zero-order valence-electron chi connectivity index (χ0n) is 21.1. The molecule has 0 bridgehead atoms. The van der Waals surface area contributed by atoms with E-state index in [1.54, 1.807) is 0 Å². The molecule has 1 heterocycles. The summed E-state index contributed by atoms with van der Waals surface area (Å²) < 4.78 is 2.61. The van der Waals surface area contributed by atoms with E-state index in [2.05, 4.69) is 143 Å². The molecule has 0 aliphatic heterocycles. The maximum Gasteiger partial charge on any atom is 0.0598 e. The summed E-state index contributed by atoms with van der Waals surface area (Å²) in [5, 5.41) is 5.44. The Kier molecular flexibility index (Phi) is 5.65. The fourth-order valence-electron chi connectivity index (χ4n) is 4.67. The maximum absolute atomic E-state index is 2.61. The fourth-order valence-corrected chi connectivity index (χ4v) is 7.12. The van der Waals surface area contributed by atoms with Crippen LogP contribution >= 0.6 is 8.07 Å². The molecule has 0 fully saturated rings. The first-order chi connectivity index (χ1) is 16.1. The van der Waals surface area contributed by atoms with E-state index in [1.165, 1.54) is 43.5 Å².